The number of fused-ring (bicyclic) bond motifs is 1. The second kappa shape index (κ2) is 10.6. The molecule has 0 aliphatic carbocycles. The molecule has 184 valence electrons. The van der Waals surface area contributed by atoms with Crippen molar-refractivity contribution in [2.24, 2.45) is 0 Å². The summed E-state index contributed by atoms with van der Waals surface area (Å²) in [5, 5.41) is 5.35. The number of thiophene rings is 2. The van der Waals surface area contributed by atoms with Crippen LogP contribution in [0, 0.1) is 0 Å². The van der Waals surface area contributed by atoms with Crippen molar-refractivity contribution in [2.45, 2.75) is 31.2 Å². The molecule has 4 rings (SSSR count). The lowest BCUT2D eigenvalue weighted by molar-refractivity contribution is 0.0152. The van der Waals surface area contributed by atoms with E-state index in [4.69, 9.17) is 21.1 Å². The molecule has 2 aliphatic rings. The van der Waals surface area contributed by atoms with Gasteiger partial charge in [-0.2, -0.15) is 0 Å². The van der Waals surface area contributed by atoms with Gasteiger partial charge in [0.15, 0.2) is 6.23 Å². The van der Waals surface area contributed by atoms with E-state index >= 15 is 0 Å². The highest BCUT2D eigenvalue weighted by atomic mass is 35.5. The minimum Gasteiger partial charge on any atom is -0.425 e. The van der Waals surface area contributed by atoms with Gasteiger partial charge in [-0.05, 0) is 37.2 Å². The largest absolute Gasteiger partial charge is 0.425 e. The van der Waals surface area contributed by atoms with Crippen LogP contribution in [0.1, 0.15) is 42.3 Å². The van der Waals surface area contributed by atoms with Gasteiger partial charge in [0.25, 0.3) is 11.8 Å². The summed E-state index contributed by atoms with van der Waals surface area (Å²) in [4.78, 5) is 44.0. The third-order valence-corrected chi connectivity index (χ3v) is 8.40. The monoisotopic (exact) mass is 526 g/mol. The zero-order valence-electron chi connectivity index (χ0n) is 19.1. The van der Waals surface area contributed by atoms with Gasteiger partial charge >= 0.3 is 6.09 Å². The molecule has 12 heteroatoms. The Hall–Kier alpha value is -2.18. The Labute approximate surface area is 211 Å². The number of ether oxygens (including phenoxy) is 2. The van der Waals surface area contributed by atoms with Crippen LogP contribution >= 0.6 is 34.3 Å². The van der Waals surface area contributed by atoms with E-state index in [2.05, 4.69) is 22.6 Å². The Morgan fingerprint density at radius 3 is 2.65 bits per heavy atom. The molecule has 9 nitrogen and oxygen atoms in total. The number of hydrogen-bond acceptors (Lipinski definition) is 8. The Balaban J connectivity index is 1.53. The molecule has 0 bridgehead atoms. The van der Waals surface area contributed by atoms with Gasteiger partial charge in [-0.3, -0.25) is 14.5 Å². The molecular formula is C22H27ClN4O5S2. The molecule has 34 heavy (non-hydrogen) atoms. The first-order valence-electron chi connectivity index (χ1n) is 10.9. The number of likely N-dealkylation sites (N-methyl/N-ethyl adjacent to an activating group) is 1. The minimum absolute atomic E-state index is 0.110. The molecule has 4 heterocycles. The van der Waals surface area contributed by atoms with Crippen molar-refractivity contribution in [3.8, 4) is 0 Å². The Morgan fingerprint density at radius 1 is 1.18 bits per heavy atom. The van der Waals surface area contributed by atoms with E-state index in [-0.39, 0.29) is 30.5 Å². The van der Waals surface area contributed by atoms with Crippen molar-refractivity contribution in [3.05, 3.63) is 42.7 Å². The molecule has 0 spiro atoms. The molecule has 1 saturated heterocycles. The number of hydrogen-bond donors (Lipinski definition) is 2. The number of amides is 3. The van der Waals surface area contributed by atoms with E-state index in [0.29, 0.717) is 20.5 Å². The maximum atomic E-state index is 13.5. The fourth-order valence-corrected chi connectivity index (χ4v) is 6.33. The molecular weight excluding hydrogens is 500 g/mol. The zero-order chi connectivity index (χ0) is 24.4. The van der Waals surface area contributed by atoms with E-state index in [1.54, 1.807) is 19.2 Å². The second-order valence-corrected chi connectivity index (χ2v) is 11.2. The van der Waals surface area contributed by atoms with E-state index in [1.807, 2.05) is 6.07 Å². The van der Waals surface area contributed by atoms with Crippen molar-refractivity contribution in [3.63, 3.8) is 0 Å². The number of nitrogens with zero attached hydrogens (tertiary/aromatic N) is 2. The zero-order valence-corrected chi connectivity index (χ0v) is 21.5. The van der Waals surface area contributed by atoms with Gasteiger partial charge in [-0.1, -0.05) is 11.6 Å². The van der Waals surface area contributed by atoms with Gasteiger partial charge in [0.05, 0.1) is 26.2 Å². The van der Waals surface area contributed by atoms with Crippen molar-refractivity contribution in [2.75, 3.05) is 40.8 Å². The number of rotatable bonds is 5. The summed E-state index contributed by atoms with van der Waals surface area (Å²) in [6.45, 7) is 1.86. The van der Waals surface area contributed by atoms with Crippen molar-refractivity contribution in [1.29, 1.82) is 0 Å². The first kappa shape index (κ1) is 24.9. The highest BCUT2D eigenvalue weighted by Gasteiger charge is 2.40. The average Bonchev–Trinajstić information content (AvgIpc) is 3.52. The second-order valence-electron chi connectivity index (χ2n) is 8.30. The number of nitrogens with one attached hydrogen (secondary N) is 2. The normalized spacial score (nSPS) is 22.7. The van der Waals surface area contributed by atoms with Crippen LogP contribution in [0.2, 0.25) is 4.34 Å². The fraction of sp³-hybridized carbons (Fsp3) is 0.500. The number of halogens is 1. The van der Waals surface area contributed by atoms with Crippen LogP contribution in [0.3, 0.4) is 0 Å². The molecule has 3 amide bonds. The number of carbonyl (C=O) groups is 3. The quantitative estimate of drug-likeness (QED) is 0.621. The maximum Gasteiger partial charge on any atom is 0.408 e. The molecule has 0 unspecified atom stereocenters. The van der Waals surface area contributed by atoms with E-state index in [0.717, 1.165) is 30.0 Å². The lowest BCUT2D eigenvalue weighted by Gasteiger charge is -2.23. The number of carbonyl (C=O) groups excluding carboxylic acids is 3. The molecule has 2 aliphatic heterocycles. The van der Waals surface area contributed by atoms with Crippen LogP contribution in [-0.4, -0.2) is 80.8 Å². The number of methoxy groups -OCH3 is 1. The smallest absolute Gasteiger partial charge is 0.408 e. The lowest BCUT2D eigenvalue weighted by Crippen LogP contribution is -2.41. The molecule has 1 fully saturated rings. The fourth-order valence-electron chi connectivity index (χ4n) is 4.23. The van der Waals surface area contributed by atoms with Crippen LogP contribution in [0.4, 0.5) is 4.79 Å². The van der Waals surface area contributed by atoms with Gasteiger partial charge in [0.1, 0.15) is 0 Å². The van der Waals surface area contributed by atoms with E-state index in [1.165, 1.54) is 34.6 Å². The predicted molar refractivity (Wildman–Crippen MR) is 131 cm³/mol. The summed E-state index contributed by atoms with van der Waals surface area (Å²) >= 11 is 8.58. The van der Waals surface area contributed by atoms with Crippen molar-refractivity contribution >= 4 is 52.2 Å². The van der Waals surface area contributed by atoms with Crippen LogP contribution in [0.15, 0.2) is 18.2 Å². The van der Waals surface area contributed by atoms with Gasteiger partial charge in [-0.25, -0.2) is 4.79 Å². The number of alkyl carbamates (subject to hydrolysis) is 1. The summed E-state index contributed by atoms with van der Waals surface area (Å²) in [7, 11) is 5.19. The lowest BCUT2D eigenvalue weighted by atomic mass is 10.1. The van der Waals surface area contributed by atoms with Crippen LogP contribution in [0.25, 0.3) is 0 Å². The molecule has 0 aromatic carbocycles. The third kappa shape index (κ3) is 5.38. The highest BCUT2D eigenvalue weighted by molar-refractivity contribution is 7.18. The predicted octanol–water partition coefficient (Wildman–Crippen LogP) is 2.97. The Kier molecular flexibility index (Phi) is 7.78. The van der Waals surface area contributed by atoms with Crippen molar-refractivity contribution < 1.29 is 23.9 Å². The molecule has 2 aromatic rings. The average molecular weight is 527 g/mol. The third-order valence-electron chi connectivity index (χ3n) is 5.97. The standard InChI is InChI=1S/C22H27ClN4O5S2/c1-24-22(30)32-19-8-12(25-20(28)16-4-5-18(23)34-16)10-27(19)21(29)17-9-13-14(31-3)11-26(2)7-6-15(13)33-17/h4-5,9,12,14,19H,6-8,10-11H2,1-3H3,(H,24,30)(H,25,28)/t12-,14-,19+/m1/s1. The van der Waals surface area contributed by atoms with Gasteiger partial charge in [-0.15, -0.1) is 22.7 Å². The molecule has 0 radical (unpaired) electrons. The first-order chi connectivity index (χ1) is 16.3. The molecule has 2 N–H and O–H groups in total. The Morgan fingerprint density at radius 2 is 1.97 bits per heavy atom. The van der Waals surface area contributed by atoms with Crippen molar-refractivity contribution in [1.82, 2.24) is 20.4 Å². The first-order valence-corrected chi connectivity index (χ1v) is 12.9. The minimum atomic E-state index is -0.795. The topological polar surface area (TPSA) is 100 Å². The van der Waals surface area contributed by atoms with E-state index in [9.17, 15) is 14.4 Å². The van der Waals surface area contributed by atoms with Gasteiger partial charge < -0.3 is 25.0 Å². The van der Waals surface area contributed by atoms with Crippen LogP contribution in [-0.2, 0) is 15.9 Å². The van der Waals surface area contributed by atoms with Crippen LogP contribution < -0.4 is 10.6 Å². The molecule has 3 atom stereocenters. The molecule has 0 saturated carbocycles. The summed E-state index contributed by atoms with van der Waals surface area (Å²) in [6, 6.07) is 4.84. The van der Waals surface area contributed by atoms with Gasteiger partial charge in [0.2, 0.25) is 0 Å². The van der Waals surface area contributed by atoms with E-state index < -0.39 is 12.3 Å². The Bertz CT molecular complexity index is 1070. The summed E-state index contributed by atoms with van der Waals surface area (Å²) in [5.41, 5.74) is 1.03. The summed E-state index contributed by atoms with van der Waals surface area (Å²) in [6.07, 6.45) is -0.411. The summed E-state index contributed by atoms with van der Waals surface area (Å²) in [5.74, 6) is -0.504. The van der Waals surface area contributed by atoms with Crippen LogP contribution in [0.5, 0.6) is 0 Å². The number of likely N-dealkylation sites (tertiary alicyclic amines) is 1. The highest BCUT2D eigenvalue weighted by Crippen LogP contribution is 2.34. The SMILES string of the molecule is CNC(=O)O[C@H]1C[C@@H](NC(=O)c2ccc(Cl)s2)CN1C(=O)c1cc2c(s1)CCN(C)C[C@H]2OC. The van der Waals surface area contributed by atoms with Gasteiger partial charge in [0, 0.05) is 45.1 Å². The summed E-state index contributed by atoms with van der Waals surface area (Å²) < 4.78 is 11.7. The maximum absolute atomic E-state index is 13.5. The molecule has 2 aromatic heterocycles.